The van der Waals surface area contributed by atoms with Crippen molar-refractivity contribution >= 4 is 28.8 Å². The molecule has 0 unspecified atom stereocenters. The normalized spacial score (nSPS) is 11.1. The number of nitrogens with two attached hydrogens (primary N) is 1. The van der Waals surface area contributed by atoms with E-state index < -0.39 is 0 Å². The number of anilines is 1. The Kier molecular flexibility index (Phi) is 5.52. The zero-order valence-electron chi connectivity index (χ0n) is 12.3. The first kappa shape index (κ1) is 15.4. The Balaban J connectivity index is 2.38. The third-order valence-electron chi connectivity index (χ3n) is 3.37. The van der Waals surface area contributed by atoms with E-state index in [1.807, 2.05) is 11.3 Å². The first-order valence-electron chi connectivity index (χ1n) is 6.82. The van der Waals surface area contributed by atoms with E-state index in [1.54, 1.807) is 11.8 Å². The summed E-state index contributed by atoms with van der Waals surface area (Å²) in [7, 11) is 0. The molecule has 0 aliphatic carbocycles. The lowest BCUT2D eigenvalue weighted by Crippen LogP contribution is -2.31. The van der Waals surface area contributed by atoms with Gasteiger partial charge in [0.15, 0.2) is 0 Å². The summed E-state index contributed by atoms with van der Waals surface area (Å²) in [5, 5.41) is 2.13. The van der Waals surface area contributed by atoms with Gasteiger partial charge in [0.05, 0.1) is 6.54 Å². The SMILES string of the molecule is CSc1cccc(N(Cc2cccs2)C(C)C)c1CN. The summed E-state index contributed by atoms with van der Waals surface area (Å²) in [6.07, 6.45) is 2.11. The van der Waals surface area contributed by atoms with Crippen LogP contribution in [0.25, 0.3) is 0 Å². The number of hydrogen-bond acceptors (Lipinski definition) is 4. The zero-order valence-corrected chi connectivity index (χ0v) is 13.9. The van der Waals surface area contributed by atoms with Gasteiger partial charge in [-0.3, -0.25) is 0 Å². The van der Waals surface area contributed by atoms with E-state index in [0.717, 1.165) is 6.54 Å². The van der Waals surface area contributed by atoms with Gasteiger partial charge in [-0.25, -0.2) is 0 Å². The molecule has 0 spiro atoms. The molecule has 0 radical (unpaired) electrons. The molecule has 0 aliphatic rings. The molecule has 2 nitrogen and oxygen atoms in total. The zero-order chi connectivity index (χ0) is 14.5. The number of rotatable bonds is 6. The molecule has 0 amide bonds. The Labute approximate surface area is 130 Å². The summed E-state index contributed by atoms with van der Waals surface area (Å²) >= 11 is 3.58. The highest BCUT2D eigenvalue weighted by Crippen LogP contribution is 2.32. The van der Waals surface area contributed by atoms with Crippen LogP contribution in [0.3, 0.4) is 0 Å². The monoisotopic (exact) mass is 306 g/mol. The van der Waals surface area contributed by atoms with Crippen LogP contribution in [0.1, 0.15) is 24.3 Å². The number of hydrogen-bond donors (Lipinski definition) is 1. The second-order valence-electron chi connectivity index (χ2n) is 4.96. The van der Waals surface area contributed by atoms with Crippen molar-refractivity contribution in [3.8, 4) is 0 Å². The van der Waals surface area contributed by atoms with Gasteiger partial charge in [0, 0.05) is 33.6 Å². The van der Waals surface area contributed by atoms with Gasteiger partial charge in [-0.15, -0.1) is 23.1 Å². The van der Waals surface area contributed by atoms with Crippen LogP contribution in [0.4, 0.5) is 5.69 Å². The first-order valence-corrected chi connectivity index (χ1v) is 8.92. The molecular weight excluding hydrogens is 284 g/mol. The largest absolute Gasteiger partial charge is 0.364 e. The number of nitrogens with zero attached hydrogens (tertiary/aromatic N) is 1. The van der Waals surface area contributed by atoms with Crippen molar-refractivity contribution in [1.29, 1.82) is 0 Å². The standard InChI is InChI=1S/C16H22N2S2/c1-12(2)18(11-13-6-5-9-20-13)15-7-4-8-16(19-3)14(15)10-17/h4-9,12H,10-11,17H2,1-3H3. The number of thiophene rings is 1. The molecule has 0 saturated heterocycles. The van der Waals surface area contributed by atoms with E-state index in [4.69, 9.17) is 5.73 Å². The second kappa shape index (κ2) is 7.16. The van der Waals surface area contributed by atoms with E-state index in [2.05, 4.69) is 60.7 Å². The van der Waals surface area contributed by atoms with Gasteiger partial charge >= 0.3 is 0 Å². The van der Waals surface area contributed by atoms with Crippen molar-refractivity contribution in [2.75, 3.05) is 11.2 Å². The van der Waals surface area contributed by atoms with Gasteiger partial charge in [0.25, 0.3) is 0 Å². The maximum Gasteiger partial charge on any atom is 0.0525 e. The van der Waals surface area contributed by atoms with Crippen molar-refractivity contribution in [3.05, 3.63) is 46.2 Å². The van der Waals surface area contributed by atoms with Crippen molar-refractivity contribution in [1.82, 2.24) is 0 Å². The van der Waals surface area contributed by atoms with Crippen LogP contribution in [0.2, 0.25) is 0 Å². The average Bonchev–Trinajstić information content (AvgIpc) is 2.96. The minimum Gasteiger partial charge on any atom is -0.364 e. The fraction of sp³-hybridized carbons (Fsp3) is 0.375. The molecule has 0 atom stereocenters. The summed E-state index contributed by atoms with van der Waals surface area (Å²) in [5.41, 5.74) is 8.52. The molecule has 1 aromatic heterocycles. The fourth-order valence-electron chi connectivity index (χ4n) is 2.34. The van der Waals surface area contributed by atoms with E-state index in [-0.39, 0.29) is 0 Å². The van der Waals surface area contributed by atoms with Gasteiger partial charge in [0.1, 0.15) is 0 Å². The highest BCUT2D eigenvalue weighted by Gasteiger charge is 2.16. The molecular formula is C16H22N2S2. The number of thioether (sulfide) groups is 1. The first-order chi connectivity index (χ1) is 9.67. The number of benzene rings is 1. The molecule has 0 aliphatic heterocycles. The van der Waals surface area contributed by atoms with Crippen molar-refractivity contribution in [2.24, 2.45) is 5.73 Å². The Bertz CT molecular complexity index is 535. The highest BCUT2D eigenvalue weighted by molar-refractivity contribution is 7.98. The lowest BCUT2D eigenvalue weighted by atomic mass is 10.1. The van der Waals surface area contributed by atoms with Crippen LogP contribution in [0.5, 0.6) is 0 Å². The molecule has 0 bridgehead atoms. The van der Waals surface area contributed by atoms with Crippen LogP contribution >= 0.6 is 23.1 Å². The molecule has 2 aromatic rings. The Morgan fingerprint density at radius 1 is 1.25 bits per heavy atom. The van der Waals surface area contributed by atoms with Crippen LogP contribution in [-0.2, 0) is 13.1 Å². The van der Waals surface area contributed by atoms with Gasteiger partial charge in [0.2, 0.25) is 0 Å². The maximum absolute atomic E-state index is 6.00. The molecule has 2 rings (SSSR count). The van der Waals surface area contributed by atoms with Crippen molar-refractivity contribution < 1.29 is 0 Å². The van der Waals surface area contributed by atoms with E-state index in [9.17, 15) is 0 Å². The van der Waals surface area contributed by atoms with E-state index in [1.165, 1.54) is 21.0 Å². The fourth-order valence-corrected chi connectivity index (χ4v) is 3.69. The summed E-state index contributed by atoms with van der Waals surface area (Å²) in [4.78, 5) is 5.10. The molecule has 1 aromatic carbocycles. The Morgan fingerprint density at radius 2 is 2.05 bits per heavy atom. The molecule has 4 heteroatoms. The van der Waals surface area contributed by atoms with Crippen LogP contribution in [-0.4, -0.2) is 12.3 Å². The minimum absolute atomic E-state index is 0.444. The second-order valence-corrected chi connectivity index (χ2v) is 6.84. The molecule has 0 fully saturated rings. The summed E-state index contributed by atoms with van der Waals surface area (Å²) < 4.78 is 0. The van der Waals surface area contributed by atoms with Gasteiger partial charge in [-0.05, 0) is 43.7 Å². The smallest absolute Gasteiger partial charge is 0.0525 e. The van der Waals surface area contributed by atoms with E-state index in [0.29, 0.717) is 12.6 Å². The molecule has 20 heavy (non-hydrogen) atoms. The molecule has 108 valence electrons. The molecule has 2 N–H and O–H groups in total. The predicted molar refractivity (Wildman–Crippen MR) is 91.8 cm³/mol. The summed E-state index contributed by atoms with van der Waals surface area (Å²) in [6, 6.07) is 11.2. The third kappa shape index (κ3) is 3.37. The average molecular weight is 307 g/mol. The molecule has 1 heterocycles. The van der Waals surface area contributed by atoms with Crippen molar-refractivity contribution in [2.45, 2.75) is 37.9 Å². The quantitative estimate of drug-likeness (QED) is 0.805. The van der Waals surface area contributed by atoms with Crippen molar-refractivity contribution in [3.63, 3.8) is 0 Å². The predicted octanol–water partition coefficient (Wildman–Crippen LogP) is 4.34. The summed E-state index contributed by atoms with van der Waals surface area (Å²) in [6.45, 7) is 6.00. The van der Waals surface area contributed by atoms with E-state index >= 15 is 0 Å². The third-order valence-corrected chi connectivity index (χ3v) is 5.05. The van der Waals surface area contributed by atoms with Gasteiger partial charge in [-0.1, -0.05) is 12.1 Å². The lowest BCUT2D eigenvalue weighted by Gasteiger charge is -2.31. The Hall–Kier alpha value is -0.970. The maximum atomic E-state index is 6.00. The topological polar surface area (TPSA) is 29.3 Å². The Morgan fingerprint density at radius 3 is 2.60 bits per heavy atom. The molecule has 0 saturated carbocycles. The summed E-state index contributed by atoms with van der Waals surface area (Å²) in [5.74, 6) is 0. The lowest BCUT2D eigenvalue weighted by molar-refractivity contribution is 0.681. The van der Waals surface area contributed by atoms with Gasteiger partial charge in [-0.2, -0.15) is 0 Å². The minimum atomic E-state index is 0.444. The van der Waals surface area contributed by atoms with Crippen LogP contribution < -0.4 is 10.6 Å². The highest BCUT2D eigenvalue weighted by atomic mass is 32.2. The van der Waals surface area contributed by atoms with Gasteiger partial charge < -0.3 is 10.6 Å². The van der Waals surface area contributed by atoms with Crippen LogP contribution in [0.15, 0.2) is 40.6 Å². The van der Waals surface area contributed by atoms with Crippen LogP contribution in [0, 0.1) is 0 Å².